The van der Waals surface area contributed by atoms with E-state index in [2.05, 4.69) is 32.9 Å². The normalized spacial score (nSPS) is 16.2. The van der Waals surface area contributed by atoms with Gasteiger partial charge in [-0.1, -0.05) is 107 Å². The molecule has 0 bridgehead atoms. The zero-order chi connectivity index (χ0) is 19.0. The molecular weight excluding hydrogens is 363 g/mol. The van der Waals surface area contributed by atoms with Crippen LogP contribution in [0.2, 0.25) is 0 Å². The zero-order valence-electron chi connectivity index (χ0n) is 16.8. The fraction of sp³-hybridized carbons (Fsp3) is 0.739. The molecule has 0 aliphatic heterocycles. The molecule has 148 valence electrons. The Balaban J connectivity index is 1.97. The van der Waals surface area contributed by atoms with Crippen LogP contribution in [0, 0.1) is 5.92 Å². The summed E-state index contributed by atoms with van der Waals surface area (Å²) in [6.45, 7) is 6.91. The number of unbranched alkanes of at least 4 members (excludes halogenated alkanes) is 5. The van der Waals surface area contributed by atoms with Crippen LogP contribution in [0.1, 0.15) is 97.0 Å². The van der Waals surface area contributed by atoms with Crippen molar-refractivity contribution in [3.63, 3.8) is 0 Å². The van der Waals surface area contributed by atoms with Crippen molar-refractivity contribution in [3.8, 4) is 5.75 Å². The predicted octanol–water partition coefficient (Wildman–Crippen LogP) is 8.42. The summed E-state index contributed by atoms with van der Waals surface area (Å²) in [5.74, 6) is 1.55. The quantitative estimate of drug-likeness (QED) is 0.268. The lowest BCUT2D eigenvalue weighted by atomic mass is 9.72. The zero-order valence-corrected chi connectivity index (χ0v) is 18.3. The van der Waals surface area contributed by atoms with E-state index < -0.39 is 4.52 Å². The molecule has 0 heterocycles. The molecule has 1 fully saturated rings. The highest BCUT2D eigenvalue weighted by molar-refractivity contribution is 6.47. The molecule has 1 aliphatic carbocycles. The Bertz CT molecular complexity index is 533. The van der Waals surface area contributed by atoms with Crippen LogP contribution < -0.4 is 4.74 Å². The Labute approximate surface area is 170 Å². The maximum Gasteiger partial charge on any atom is 0.258 e. The number of benzene rings is 1. The summed E-state index contributed by atoms with van der Waals surface area (Å²) >= 11 is 13.1. The Morgan fingerprint density at radius 2 is 1.58 bits per heavy atom. The minimum atomic E-state index is -1.15. The Morgan fingerprint density at radius 1 is 0.962 bits per heavy atom. The fourth-order valence-corrected chi connectivity index (χ4v) is 4.71. The number of rotatable bonds is 11. The van der Waals surface area contributed by atoms with Crippen molar-refractivity contribution in [2.75, 3.05) is 0 Å². The minimum absolute atomic E-state index is 0.0805. The Hall–Kier alpha value is -0.400. The average molecular weight is 399 g/mol. The highest BCUT2D eigenvalue weighted by Crippen LogP contribution is 2.46. The van der Waals surface area contributed by atoms with E-state index in [-0.39, 0.29) is 5.41 Å². The molecule has 0 atom stereocenters. The average Bonchev–Trinajstić information content (AvgIpc) is 3.13. The summed E-state index contributed by atoms with van der Waals surface area (Å²) in [6, 6.07) is 8.31. The molecule has 3 heteroatoms. The second-order valence-electron chi connectivity index (χ2n) is 8.46. The standard InChI is InChI=1S/C23H36Cl2O/c1-4-5-6-7-8-13-18-23(24,25)26-21-17-12-11-16-20(21)22(2,3)19-14-9-10-15-19/h11-12,16-17,19H,4-10,13-15,18H2,1-3H3. The van der Waals surface area contributed by atoms with E-state index in [0.717, 1.165) is 12.2 Å². The van der Waals surface area contributed by atoms with E-state index in [1.807, 2.05) is 12.1 Å². The number of hydrogen-bond acceptors (Lipinski definition) is 1. The third kappa shape index (κ3) is 6.34. The first-order valence-electron chi connectivity index (χ1n) is 10.5. The van der Waals surface area contributed by atoms with Gasteiger partial charge in [0.25, 0.3) is 4.52 Å². The predicted molar refractivity (Wildman–Crippen MR) is 114 cm³/mol. The molecule has 2 rings (SSSR count). The topological polar surface area (TPSA) is 9.23 Å². The molecule has 1 aliphatic rings. The van der Waals surface area contributed by atoms with Gasteiger partial charge in [-0.15, -0.1) is 0 Å². The van der Waals surface area contributed by atoms with Crippen LogP contribution in [-0.2, 0) is 5.41 Å². The third-order valence-corrected chi connectivity index (χ3v) is 6.57. The van der Waals surface area contributed by atoms with Gasteiger partial charge in [0.1, 0.15) is 5.75 Å². The highest BCUT2D eigenvalue weighted by atomic mass is 35.5. The second-order valence-corrected chi connectivity index (χ2v) is 9.87. The van der Waals surface area contributed by atoms with Crippen LogP contribution in [0.25, 0.3) is 0 Å². The highest BCUT2D eigenvalue weighted by Gasteiger charge is 2.36. The van der Waals surface area contributed by atoms with Gasteiger partial charge in [0.15, 0.2) is 0 Å². The minimum Gasteiger partial charge on any atom is -0.458 e. The van der Waals surface area contributed by atoms with E-state index in [1.165, 1.54) is 63.4 Å². The van der Waals surface area contributed by atoms with Crippen molar-refractivity contribution in [3.05, 3.63) is 29.8 Å². The SMILES string of the molecule is CCCCCCCCC(Cl)(Cl)Oc1ccccc1C(C)(C)C1CCCC1. The molecule has 1 aromatic rings. The molecule has 1 saturated carbocycles. The van der Waals surface area contributed by atoms with Gasteiger partial charge < -0.3 is 4.74 Å². The van der Waals surface area contributed by atoms with E-state index >= 15 is 0 Å². The molecule has 0 radical (unpaired) electrons. The molecule has 0 N–H and O–H groups in total. The first kappa shape index (κ1) is 21.9. The molecule has 0 amide bonds. The fourth-order valence-electron chi connectivity index (χ4n) is 4.28. The largest absolute Gasteiger partial charge is 0.458 e. The lowest BCUT2D eigenvalue weighted by molar-refractivity contribution is 0.214. The van der Waals surface area contributed by atoms with Crippen LogP contribution in [0.5, 0.6) is 5.75 Å². The van der Waals surface area contributed by atoms with Gasteiger partial charge in [-0.05, 0) is 36.7 Å². The van der Waals surface area contributed by atoms with Gasteiger partial charge in [-0.3, -0.25) is 0 Å². The maximum absolute atomic E-state index is 6.54. The van der Waals surface area contributed by atoms with Crippen LogP contribution in [0.3, 0.4) is 0 Å². The Morgan fingerprint density at radius 3 is 2.27 bits per heavy atom. The number of alkyl halides is 2. The summed E-state index contributed by atoms with van der Waals surface area (Å²) in [4.78, 5) is 0. The number of ether oxygens (including phenoxy) is 1. The summed E-state index contributed by atoms with van der Waals surface area (Å²) in [5.41, 5.74) is 1.32. The third-order valence-electron chi connectivity index (χ3n) is 6.04. The van der Waals surface area contributed by atoms with Gasteiger partial charge in [0.2, 0.25) is 0 Å². The molecule has 0 aromatic heterocycles. The molecular formula is C23H36Cl2O. The monoisotopic (exact) mass is 398 g/mol. The first-order chi connectivity index (χ1) is 12.4. The lowest BCUT2D eigenvalue weighted by Crippen LogP contribution is -2.29. The molecule has 0 spiro atoms. The summed E-state index contributed by atoms with van der Waals surface area (Å²) in [5, 5.41) is 0. The second kappa shape index (κ2) is 10.2. The molecule has 0 unspecified atom stereocenters. The summed E-state index contributed by atoms with van der Waals surface area (Å²) in [7, 11) is 0. The number of hydrogen-bond donors (Lipinski definition) is 0. The smallest absolute Gasteiger partial charge is 0.258 e. The number of para-hydroxylation sites is 1. The lowest BCUT2D eigenvalue weighted by Gasteiger charge is -2.35. The molecule has 26 heavy (non-hydrogen) atoms. The maximum atomic E-state index is 6.54. The van der Waals surface area contributed by atoms with Crippen LogP contribution in [0.15, 0.2) is 24.3 Å². The van der Waals surface area contributed by atoms with E-state index in [4.69, 9.17) is 27.9 Å². The van der Waals surface area contributed by atoms with Crippen LogP contribution >= 0.6 is 23.2 Å². The van der Waals surface area contributed by atoms with Crippen molar-refractivity contribution in [1.29, 1.82) is 0 Å². The first-order valence-corrected chi connectivity index (χ1v) is 11.3. The van der Waals surface area contributed by atoms with Crippen molar-refractivity contribution in [2.45, 2.75) is 101 Å². The van der Waals surface area contributed by atoms with E-state index in [0.29, 0.717) is 12.3 Å². The van der Waals surface area contributed by atoms with Crippen molar-refractivity contribution in [2.24, 2.45) is 5.92 Å². The van der Waals surface area contributed by atoms with E-state index in [9.17, 15) is 0 Å². The van der Waals surface area contributed by atoms with Gasteiger partial charge >= 0.3 is 0 Å². The van der Waals surface area contributed by atoms with Crippen molar-refractivity contribution in [1.82, 2.24) is 0 Å². The van der Waals surface area contributed by atoms with Gasteiger partial charge in [-0.2, -0.15) is 0 Å². The number of halogens is 2. The van der Waals surface area contributed by atoms with Crippen molar-refractivity contribution >= 4 is 23.2 Å². The van der Waals surface area contributed by atoms with Gasteiger partial charge in [0, 0.05) is 12.0 Å². The summed E-state index contributed by atoms with van der Waals surface area (Å²) < 4.78 is 4.99. The molecule has 1 aromatic carbocycles. The van der Waals surface area contributed by atoms with Crippen LogP contribution in [0.4, 0.5) is 0 Å². The molecule has 0 saturated heterocycles. The summed E-state index contributed by atoms with van der Waals surface area (Å²) in [6.07, 6.45) is 13.2. The van der Waals surface area contributed by atoms with Crippen LogP contribution in [-0.4, -0.2) is 4.52 Å². The van der Waals surface area contributed by atoms with Gasteiger partial charge in [0.05, 0.1) is 0 Å². The molecule has 1 nitrogen and oxygen atoms in total. The van der Waals surface area contributed by atoms with E-state index in [1.54, 1.807) is 0 Å². The van der Waals surface area contributed by atoms with Gasteiger partial charge in [-0.25, -0.2) is 0 Å². The Kier molecular flexibility index (Phi) is 8.61. The van der Waals surface area contributed by atoms with Crippen molar-refractivity contribution < 1.29 is 4.74 Å².